The highest BCUT2D eigenvalue weighted by atomic mass is 32.1. The van der Waals surface area contributed by atoms with E-state index < -0.39 is 0 Å². The Morgan fingerprint density at radius 2 is 1.94 bits per heavy atom. The lowest BCUT2D eigenvalue weighted by Crippen LogP contribution is -2.30. The van der Waals surface area contributed by atoms with Crippen LogP contribution < -0.4 is 14.2 Å². The predicted molar refractivity (Wildman–Crippen MR) is 123 cm³/mol. The van der Waals surface area contributed by atoms with Gasteiger partial charge in [0.15, 0.2) is 11.5 Å². The highest BCUT2D eigenvalue weighted by molar-refractivity contribution is 7.09. The minimum Gasteiger partial charge on any atom is -0.490 e. The Morgan fingerprint density at radius 1 is 1.12 bits per heavy atom. The molecule has 5 rings (SSSR count). The van der Waals surface area contributed by atoms with Crippen LogP contribution in [0.15, 0.2) is 47.8 Å². The summed E-state index contributed by atoms with van der Waals surface area (Å²) in [5, 5.41) is 3.03. The number of aryl methyl sites for hydroxylation is 1. The van der Waals surface area contributed by atoms with Gasteiger partial charge in [-0.3, -0.25) is 4.79 Å². The van der Waals surface area contributed by atoms with Crippen LogP contribution in [-0.4, -0.2) is 35.5 Å². The highest BCUT2D eigenvalue weighted by Gasteiger charge is 2.31. The summed E-state index contributed by atoms with van der Waals surface area (Å²) >= 11 is 1.61. The van der Waals surface area contributed by atoms with Crippen molar-refractivity contribution in [3.63, 3.8) is 0 Å². The van der Waals surface area contributed by atoms with Crippen molar-refractivity contribution in [2.24, 2.45) is 0 Å². The topological polar surface area (TPSA) is 60.9 Å². The van der Waals surface area contributed by atoms with Gasteiger partial charge in [-0.2, -0.15) is 0 Å². The summed E-state index contributed by atoms with van der Waals surface area (Å²) in [5.74, 6) is 2.33. The molecule has 0 radical (unpaired) electrons. The minimum atomic E-state index is 0.0429. The minimum absolute atomic E-state index is 0.0429. The normalized spacial score (nSPS) is 17.8. The van der Waals surface area contributed by atoms with Crippen LogP contribution in [0.25, 0.3) is 0 Å². The number of hydrogen-bond acceptors (Lipinski definition) is 6. The first-order valence-electron chi connectivity index (χ1n) is 11.0. The monoisotopic (exact) mass is 450 g/mol. The van der Waals surface area contributed by atoms with Gasteiger partial charge >= 0.3 is 0 Å². The Morgan fingerprint density at radius 3 is 2.72 bits per heavy atom. The standard InChI is InChI=1S/C25H26N2O4S/c1-17-26-20(16-32-17)15-31-21-8-5-18(6-9-21)25(28)27-11-2-4-22(27)19-7-10-23-24(14-19)30-13-3-12-29-23/h5-10,14,16,22H,2-4,11-13,15H2,1H3/t22-/m0/s1. The van der Waals surface area contributed by atoms with Crippen molar-refractivity contribution in [3.05, 3.63) is 69.7 Å². The van der Waals surface area contributed by atoms with Crippen LogP contribution in [-0.2, 0) is 6.61 Å². The summed E-state index contributed by atoms with van der Waals surface area (Å²) in [6.07, 6.45) is 2.81. The summed E-state index contributed by atoms with van der Waals surface area (Å²) < 4.78 is 17.4. The molecular weight excluding hydrogens is 424 g/mol. The van der Waals surface area contributed by atoms with Crippen LogP contribution in [0.5, 0.6) is 17.2 Å². The fraction of sp³-hybridized carbons (Fsp3) is 0.360. The van der Waals surface area contributed by atoms with Crippen molar-refractivity contribution in [3.8, 4) is 17.2 Å². The average Bonchev–Trinajstić information content (AvgIpc) is 3.40. The molecule has 32 heavy (non-hydrogen) atoms. The number of thiazole rings is 1. The third-order valence-electron chi connectivity index (χ3n) is 5.82. The van der Waals surface area contributed by atoms with E-state index in [-0.39, 0.29) is 11.9 Å². The fourth-order valence-electron chi connectivity index (χ4n) is 4.23. The smallest absolute Gasteiger partial charge is 0.254 e. The first kappa shape index (κ1) is 20.8. The van der Waals surface area contributed by atoms with Gasteiger partial charge in [0.05, 0.1) is 30.0 Å². The average molecular weight is 451 g/mol. The zero-order valence-electron chi connectivity index (χ0n) is 18.1. The third-order valence-corrected chi connectivity index (χ3v) is 6.65. The van der Waals surface area contributed by atoms with Crippen LogP contribution in [0.3, 0.4) is 0 Å². The second-order valence-corrected chi connectivity index (χ2v) is 9.15. The van der Waals surface area contributed by atoms with Crippen molar-refractivity contribution in [1.29, 1.82) is 0 Å². The number of carbonyl (C=O) groups is 1. The molecule has 2 aliphatic heterocycles. The van der Waals surface area contributed by atoms with E-state index in [9.17, 15) is 4.79 Å². The number of fused-ring (bicyclic) bond motifs is 1. The van der Waals surface area contributed by atoms with Crippen molar-refractivity contribution in [2.75, 3.05) is 19.8 Å². The van der Waals surface area contributed by atoms with Gasteiger partial charge in [0.25, 0.3) is 5.91 Å². The molecule has 1 saturated heterocycles. The SMILES string of the molecule is Cc1nc(COc2ccc(C(=O)N3CCC[C@H]3c3ccc4c(c3)OCCCO4)cc2)cs1. The Bertz CT molecular complexity index is 1100. The van der Waals surface area contributed by atoms with Crippen LogP contribution in [0.4, 0.5) is 0 Å². The molecular formula is C25H26N2O4S. The molecule has 3 aromatic rings. The molecule has 1 fully saturated rings. The van der Waals surface area contributed by atoms with Crippen molar-refractivity contribution < 1.29 is 19.0 Å². The first-order chi connectivity index (χ1) is 15.7. The van der Waals surface area contributed by atoms with E-state index in [1.54, 1.807) is 11.3 Å². The summed E-state index contributed by atoms with van der Waals surface area (Å²) in [7, 11) is 0. The highest BCUT2D eigenvalue weighted by Crippen LogP contribution is 2.38. The zero-order valence-corrected chi connectivity index (χ0v) is 18.9. The Kier molecular flexibility index (Phi) is 5.99. The molecule has 0 spiro atoms. The number of ether oxygens (including phenoxy) is 3. The van der Waals surface area contributed by atoms with Gasteiger partial charge in [0.2, 0.25) is 0 Å². The molecule has 1 atom stereocenters. The maximum Gasteiger partial charge on any atom is 0.254 e. The second-order valence-electron chi connectivity index (χ2n) is 8.08. The zero-order chi connectivity index (χ0) is 21.9. The predicted octanol–water partition coefficient (Wildman–Crippen LogP) is 5.17. The van der Waals surface area contributed by atoms with Crippen LogP contribution in [0.2, 0.25) is 0 Å². The maximum atomic E-state index is 13.3. The summed E-state index contributed by atoms with van der Waals surface area (Å²) in [4.78, 5) is 19.7. The molecule has 1 aromatic heterocycles. The molecule has 0 unspecified atom stereocenters. The van der Waals surface area contributed by atoms with Crippen molar-refractivity contribution >= 4 is 17.2 Å². The molecule has 0 saturated carbocycles. The second kappa shape index (κ2) is 9.20. The number of amides is 1. The van der Waals surface area contributed by atoms with Gasteiger partial charge in [-0.1, -0.05) is 6.07 Å². The van der Waals surface area contributed by atoms with Crippen LogP contribution >= 0.6 is 11.3 Å². The molecule has 2 aromatic carbocycles. The van der Waals surface area contributed by atoms with E-state index in [0.717, 1.165) is 59.3 Å². The van der Waals surface area contributed by atoms with Gasteiger partial charge in [-0.25, -0.2) is 4.98 Å². The third kappa shape index (κ3) is 4.43. The molecule has 1 amide bonds. The van der Waals surface area contributed by atoms with Crippen molar-refractivity contribution in [2.45, 2.75) is 38.8 Å². The number of carbonyl (C=O) groups excluding carboxylic acids is 1. The lowest BCUT2D eigenvalue weighted by atomic mass is 10.0. The quantitative estimate of drug-likeness (QED) is 0.537. The van der Waals surface area contributed by atoms with Gasteiger partial charge in [-0.05, 0) is 61.7 Å². The Balaban J connectivity index is 1.27. The van der Waals surface area contributed by atoms with E-state index in [1.165, 1.54) is 0 Å². The van der Waals surface area contributed by atoms with Gasteiger partial charge in [0.1, 0.15) is 12.4 Å². The van der Waals surface area contributed by atoms with Crippen LogP contribution in [0, 0.1) is 6.92 Å². The van der Waals surface area contributed by atoms with E-state index in [2.05, 4.69) is 11.1 Å². The summed E-state index contributed by atoms with van der Waals surface area (Å²) in [5.41, 5.74) is 2.68. The fourth-order valence-corrected chi connectivity index (χ4v) is 4.83. The number of likely N-dealkylation sites (tertiary alicyclic amines) is 1. The molecule has 2 aliphatic rings. The summed E-state index contributed by atoms with van der Waals surface area (Å²) in [6, 6.07) is 13.5. The lowest BCUT2D eigenvalue weighted by molar-refractivity contribution is 0.0735. The Labute approximate surface area is 191 Å². The Hall–Kier alpha value is -3.06. The molecule has 0 bridgehead atoms. The van der Waals surface area contributed by atoms with E-state index in [0.29, 0.717) is 25.4 Å². The van der Waals surface area contributed by atoms with Gasteiger partial charge in [0, 0.05) is 23.9 Å². The number of aromatic nitrogens is 1. The van der Waals surface area contributed by atoms with E-state index in [1.807, 2.05) is 53.6 Å². The first-order valence-corrected chi connectivity index (χ1v) is 11.9. The number of nitrogens with zero attached hydrogens (tertiary/aromatic N) is 2. The molecule has 7 heteroatoms. The van der Waals surface area contributed by atoms with Crippen LogP contribution in [0.1, 0.15) is 51.9 Å². The largest absolute Gasteiger partial charge is 0.490 e. The molecule has 0 N–H and O–H groups in total. The molecule has 166 valence electrons. The molecule has 6 nitrogen and oxygen atoms in total. The molecule has 3 heterocycles. The molecule has 0 aliphatic carbocycles. The van der Waals surface area contributed by atoms with Gasteiger partial charge < -0.3 is 19.1 Å². The maximum absolute atomic E-state index is 13.3. The number of rotatable bonds is 5. The van der Waals surface area contributed by atoms with Crippen molar-refractivity contribution in [1.82, 2.24) is 9.88 Å². The number of hydrogen-bond donors (Lipinski definition) is 0. The number of benzene rings is 2. The van der Waals surface area contributed by atoms with Gasteiger partial charge in [-0.15, -0.1) is 11.3 Å². The van der Waals surface area contributed by atoms with E-state index >= 15 is 0 Å². The summed E-state index contributed by atoms with van der Waals surface area (Å²) in [6.45, 7) is 4.48. The van der Waals surface area contributed by atoms with E-state index in [4.69, 9.17) is 14.2 Å². The lowest BCUT2D eigenvalue weighted by Gasteiger charge is -2.26.